The number of halogens is 1. The normalized spacial score (nSPS) is 10.7. The second-order valence-electron chi connectivity index (χ2n) is 4.74. The molecule has 0 amide bonds. The summed E-state index contributed by atoms with van der Waals surface area (Å²) in [6.07, 6.45) is 1.04. The van der Waals surface area contributed by atoms with Crippen LogP contribution >= 0.6 is 15.9 Å². The van der Waals surface area contributed by atoms with Gasteiger partial charge in [-0.05, 0) is 48.8 Å². The summed E-state index contributed by atoms with van der Waals surface area (Å²) in [5, 5.41) is 3.19. The predicted octanol–water partition coefficient (Wildman–Crippen LogP) is 3.93. The summed E-state index contributed by atoms with van der Waals surface area (Å²) >= 11 is 3.44. The van der Waals surface area contributed by atoms with E-state index in [1.165, 1.54) is 16.7 Å². The first-order valence-electron chi connectivity index (χ1n) is 6.83. The van der Waals surface area contributed by atoms with Crippen LogP contribution in [0.1, 0.15) is 16.7 Å². The first-order valence-corrected chi connectivity index (χ1v) is 7.62. The predicted molar refractivity (Wildman–Crippen MR) is 86.7 cm³/mol. The van der Waals surface area contributed by atoms with E-state index in [1.807, 2.05) is 19.2 Å². The zero-order chi connectivity index (χ0) is 14.2. The average Bonchev–Trinajstić information content (AvgIpc) is 2.48. The van der Waals surface area contributed by atoms with Crippen LogP contribution in [0.15, 0.2) is 53.0 Å². The number of nitrogens with one attached hydrogen (secondary N) is 1. The van der Waals surface area contributed by atoms with E-state index in [0.29, 0.717) is 13.2 Å². The summed E-state index contributed by atoms with van der Waals surface area (Å²) < 4.78 is 6.93. The molecule has 106 valence electrons. The van der Waals surface area contributed by atoms with Crippen molar-refractivity contribution in [1.29, 1.82) is 0 Å². The molecule has 0 atom stereocenters. The molecule has 1 N–H and O–H groups in total. The maximum atomic E-state index is 5.83. The summed E-state index contributed by atoms with van der Waals surface area (Å²) in [5.41, 5.74) is 3.83. The minimum absolute atomic E-state index is 0.646. The molecule has 0 aliphatic carbocycles. The SMILES string of the molecule is CNCCc1ccccc1COCc1ccc(Br)cc1. The van der Waals surface area contributed by atoms with Gasteiger partial charge in [-0.2, -0.15) is 0 Å². The highest BCUT2D eigenvalue weighted by molar-refractivity contribution is 9.10. The van der Waals surface area contributed by atoms with E-state index in [9.17, 15) is 0 Å². The molecular formula is C17H20BrNO. The van der Waals surface area contributed by atoms with Gasteiger partial charge in [0.1, 0.15) is 0 Å². The molecule has 0 unspecified atom stereocenters. The molecule has 0 aliphatic rings. The maximum Gasteiger partial charge on any atom is 0.0724 e. The molecule has 0 saturated heterocycles. The number of hydrogen-bond acceptors (Lipinski definition) is 2. The van der Waals surface area contributed by atoms with E-state index in [0.717, 1.165) is 17.4 Å². The van der Waals surface area contributed by atoms with Crippen LogP contribution in [0.4, 0.5) is 0 Å². The van der Waals surface area contributed by atoms with Crippen molar-refractivity contribution in [2.75, 3.05) is 13.6 Å². The van der Waals surface area contributed by atoms with E-state index in [1.54, 1.807) is 0 Å². The van der Waals surface area contributed by atoms with Gasteiger partial charge in [-0.3, -0.25) is 0 Å². The Kier molecular flexibility index (Phi) is 6.25. The van der Waals surface area contributed by atoms with Gasteiger partial charge in [0, 0.05) is 4.47 Å². The van der Waals surface area contributed by atoms with Crippen LogP contribution in [0, 0.1) is 0 Å². The highest BCUT2D eigenvalue weighted by atomic mass is 79.9. The van der Waals surface area contributed by atoms with E-state index in [-0.39, 0.29) is 0 Å². The van der Waals surface area contributed by atoms with E-state index in [2.05, 4.69) is 57.6 Å². The lowest BCUT2D eigenvalue weighted by Gasteiger charge is -2.10. The van der Waals surface area contributed by atoms with Crippen LogP contribution in [0.3, 0.4) is 0 Å². The number of ether oxygens (including phenoxy) is 1. The van der Waals surface area contributed by atoms with E-state index >= 15 is 0 Å². The molecule has 0 radical (unpaired) electrons. The first-order chi connectivity index (χ1) is 9.79. The van der Waals surface area contributed by atoms with Crippen molar-refractivity contribution in [3.63, 3.8) is 0 Å². The van der Waals surface area contributed by atoms with Crippen LogP contribution in [0.25, 0.3) is 0 Å². The van der Waals surface area contributed by atoms with Gasteiger partial charge in [-0.1, -0.05) is 52.3 Å². The van der Waals surface area contributed by atoms with Crippen LogP contribution in [0.2, 0.25) is 0 Å². The lowest BCUT2D eigenvalue weighted by atomic mass is 10.1. The topological polar surface area (TPSA) is 21.3 Å². The molecule has 20 heavy (non-hydrogen) atoms. The second-order valence-corrected chi connectivity index (χ2v) is 5.66. The Hall–Kier alpha value is -1.16. The minimum atomic E-state index is 0.646. The van der Waals surface area contributed by atoms with Crippen molar-refractivity contribution in [3.8, 4) is 0 Å². The fourth-order valence-electron chi connectivity index (χ4n) is 2.06. The molecule has 2 aromatic rings. The highest BCUT2D eigenvalue weighted by Crippen LogP contribution is 2.14. The van der Waals surface area contributed by atoms with Crippen molar-refractivity contribution in [2.45, 2.75) is 19.6 Å². The third kappa shape index (κ3) is 4.75. The third-order valence-corrected chi connectivity index (χ3v) is 3.73. The maximum absolute atomic E-state index is 5.83. The highest BCUT2D eigenvalue weighted by Gasteiger charge is 2.02. The largest absolute Gasteiger partial charge is 0.372 e. The van der Waals surface area contributed by atoms with Crippen molar-refractivity contribution >= 4 is 15.9 Å². The molecule has 2 rings (SSSR count). The lowest BCUT2D eigenvalue weighted by molar-refractivity contribution is 0.106. The van der Waals surface area contributed by atoms with Crippen LogP contribution in [-0.4, -0.2) is 13.6 Å². The molecule has 2 aromatic carbocycles. The molecule has 0 saturated carbocycles. The van der Waals surface area contributed by atoms with E-state index in [4.69, 9.17) is 4.74 Å². The zero-order valence-corrected chi connectivity index (χ0v) is 13.3. The summed E-state index contributed by atoms with van der Waals surface area (Å²) in [6.45, 7) is 2.30. The second kappa shape index (κ2) is 8.20. The molecule has 3 heteroatoms. The minimum Gasteiger partial charge on any atom is -0.372 e. The summed E-state index contributed by atoms with van der Waals surface area (Å²) in [7, 11) is 1.98. The Morgan fingerprint density at radius 1 is 0.950 bits per heavy atom. The lowest BCUT2D eigenvalue weighted by Crippen LogP contribution is -2.11. The summed E-state index contributed by atoms with van der Waals surface area (Å²) in [4.78, 5) is 0. The molecule has 0 bridgehead atoms. The van der Waals surface area contributed by atoms with Crippen LogP contribution in [-0.2, 0) is 24.4 Å². The van der Waals surface area contributed by atoms with Crippen LogP contribution in [0.5, 0.6) is 0 Å². The van der Waals surface area contributed by atoms with Gasteiger partial charge in [0.25, 0.3) is 0 Å². The zero-order valence-electron chi connectivity index (χ0n) is 11.7. The number of likely N-dealkylation sites (N-methyl/N-ethyl adjacent to an activating group) is 1. The molecular weight excluding hydrogens is 314 g/mol. The quantitative estimate of drug-likeness (QED) is 0.828. The van der Waals surface area contributed by atoms with Crippen molar-refractivity contribution in [3.05, 3.63) is 69.7 Å². The van der Waals surface area contributed by atoms with Crippen molar-refractivity contribution in [1.82, 2.24) is 5.32 Å². The number of rotatable bonds is 7. The molecule has 0 heterocycles. The van der Waals surface area contributed by atoms with Gasteiger partial charge in [0.15, 0.2) is 0 Å². The van der Waals surface area contributed by atoms with Gasteiger partial charge in [-0.25, -0.2) is 0 Å². The third-order valence-electron chi connectivity index (χ3n) is 3.20. The van der Waals surface area contributed by atoms with Gasteiger partial charge >= 0.3 is 0 Å². The van der Waals surface area contributed by atoms with Gasteiger partial charge in [0.2, 0.25) is 0 Å². The van der Waals surface area contributed by atoms with Gasteiger partial charge in [0.05, 0.1) is 13.2 Å². The molecule has 0 fully saturated rings. The smallest absolute Gasteiger partial charge is 0.0724 e. The van der Waals surface area contributed by atoms with Gasteiger partial charge in [-0.15, -0.1) is 0 Å². The van der Waals surface area contributed by atoms with E-state index < -0.39 is 0 Å². The number of hydrogen-bond donors (Lipinski definition) is 1. The average molecular weight is 334 g/mol. The Bertz CT molecular complexity index is 525. The number of benzene rings is 2. The monoisotopic (exact) mass is 333 g/mol. The fourth-order valence-corrected chi connectivity index (χ4v) is 2.33. The first kappa shape index (κ1) is 15.2. The molecule has 0 aromatic heterocycles. The Morgan fingerprint density at radius 2 is 1.65 bits per heavy atom. The Labute approximate surface area is 129 Å². The summed E-state index contributed by atoms with van der Waals surface area (Å²) in [5.74, 6) is 0. The molecule has 2 nitrogen and oxygen atoms in total. The van der Waals surface area contributed by atoms with Crippen molar-refractivity contribution < 1.29 is 4.74 Å². The Morgan fingerprint density at radius 3 is 2.35 bits per heavy atom. The Balaban J connectivity index is 1.88. The standard InChI is InChI=1S/C17H20BrNO/c1-19-11-10-15-4-2-3-5-16(15)13-20-12-14-6-8-17(18)9-7-14/h2-9,19H,10-13H2,1H3. The summed E-state index contributed by atoms with van der Waals surface area (Å²) in [6, 6.07) is 16.7. The fraction of sp³-hybridized carbons (Fsp3) is 0.294. The van der Waals surface area contributed by atoms with Crippen LogP contribution < -0.4 is 5.32 Å². The van der Waals surface area contributed by atoms with Crippen molar-refractivity contribution in [2.24, 2.45) is 0 Å². The molecule has 0 aliphatic heterocycles. The van der Waals surface area contributed by atoms with Gasteiger partial charge < -0.3 is 10.1 Å². The molecule has 0 spiro atoms.